The predicted molar refractivity (Wildman–Crippen MR) is 127 cm³/mol. The fraction of sp³-hybridized carbons (Fsp3) is 0.179. The summed E-state index contributed by atoms with van der Waals surface area (Å²) in [5.41, 5.74) is 2.86. The van der Waals surface area contributed by atoms with Gasteiger partial charge >= 0.3 is 0 Å². The van der Waals surface area contributed by atoms with E-state index in [-0.39, 0.29) is 24.0 Å². The molecule has 4 aromatic rings. The van der Waals surface area contributed by atoms with Gasteiger partial charge in [0.1, 0.15) is 12.4 Å². The van der Waals surface area contributed by atoms with Gasteiger partial charge in [0.15, 0.2) is 17.3 Å². The first-order valence-corrected chi connectivity index (χ1v) is 10.6. The summed E-state index contributed by atoms with van der Waals surface area (Å²) in [6.45, 7) is 3.67. The van der Waals surface area contributed by atoms with Crippen LogP contribution in [0, 0.1) is 19.7 Å². The second-order valence-corrected chi connectivity index (χ2v) is 7.82. The predicted octanol–water partition coefficient (Wildman–Crippen LogP) is 6.42. The average Bonchev–Trinajstić information content (AvgIpc) is 2.82. The molecule has 4 rings (SSSR count). The van der Waals surface area contributed by atoms with Crippen molar-refractivity contribution in [3.05, 3.63) is 100 Å². The van der Waals surface area contributed by atoms with E-state index in [0.717, 1.165) is 16.3 Å². The van der Waals surface area contributed by atoms with E-state index >= 15 is 0 Å². The van der Waals surface area contributed by atoms with Gasteiger partial charge < -0.3 is 14.2 Å². The molecule has 0 heterocycles. The molecule has 4 aromatic carbocycles. The van der Waals surface area contributed by atoms with Gasteiger partial charge in [0.05, 0.1) is 19.8 Å². The summed E-state index contributed by atoms with van der Waals surface area (Å²) in [6.07, 6.45) is 0. The molecule has 0 saturated carbocycles. The zero-order valence-corrected chi connectivity index (χ0v) is 19.1. The van der Waals surface area contributed by atoms with Crippen molar-refractivity contribution < 1.29 is 23.4 Å². The number of carbonyl (C=O) groups is 1. The molecule has 0 amide bonds. The molecule has 168 valence electrons. The van der Waals surface area contributed by atoms with Gasteiger partial charge in [-0.2, -0.15) is 0 Å². The normalized spacial score (nSPS) is 10.8. The number of aryl methyl sites for hydroxylation is 2. The van der Waals surface area contributed by atoms with E-state index in [2.05, 4.69) is 0 Å². The number of benzene rings is 4. The third-order valence-electron chi connectivity index (χ3n) is 5.74. The molecule has 4 nitrogen and oxygen atoms in total. The maximum Gasteiger partial charge on any atom is 0.204 e. The van der Waals surface area contributed by atoms with Crippen LogP contribution >= 0.6 is 0 Å². The van der Waals surface area contributed by atoms with Gasteiger partial charge in [0.2, 0.25) is 5.75 Å². The summed E-state index contributed by atoms with van der Waals surface area (Å²) < 4.78 is 31.4. The number of ketones is 1. The quantitative estimate of drug-likeness (QED) is 0.309. The minimum Gasteiger partial charge on any atom is -0.493 e. The lowest BCUT2D eigenvalue weighted by atomic mass is 9.90. The van der Waals surface area contributed by atoms with Gasteiger partial charge in [-0.1, -0.05) is 54.6 Å². The van der Waals surface area contributed by atoms with E-state index < -0.39 is 0 Å². The van der Waals surface area contributed by atoms with Crippen molar-refractivity contribution >= 4 is 16.6 Å². The minimum absolute atomic E-state index is 0.0650. The van der Waals surface area contributed by atoms with Crippen molar-refractivity contribution in [2.45, 2.75) is 20.5 Å². The van der Waals surface area contributed by atoms with Crippen molar-refractivity contribution in [3.63, 3.8) is 0 Å². The van der Waals surface area contributed by atoms with Gasteiger partial charge in [0.25, 0.3) is 0 Å². The summed E-state index contributed by atoms with van der Waals surface area (Å²) >= 11 is 0. The molecule has 0 aliphatic carbocycles. The van der Waals surface area contributed by atoms with E-state index in [0.29, 0.717) is 33.8 Å². The van der Waals surface area contributed by atoms with Crippen LogP contribution in [-0.2, 0) is 6.61 Å². The topological polar surface area (TPSA) is 44.8 Å². The second kappa shape index (κ2) is 9.33. The summed E-state index contributed by atoms with van der Waals surface area (Å²) in [7, 11) is 3.01. The smallest absolute Gasteiger partial charge is 0.204 e. The number of carbonyl (C=O) groups excluding carboxylic acids is 1. The van der Waals surface area contributed by atoms with Crippen molar-refractivity contribution in [3.8, 4) is 17.2 Å². The third kappa shape index (κ3) is 4.14. The Hall–Kier alpha value is -3.86. The van der Waals surface area contributed by atoms with Gasteiger partial charge in [-0.3, -0.25) is 4.79 Å². The molecule has 0 saturated heterocycles. The number of fused-ring (bicyclic) bond motifs is 1. The van der Waals surface area contributed by atoms with E-state index in [4.69, 9.17) is 14.2 Å². The van der Waals surface area contributed by atoms with Gasteiger partial charge in [-0.15, -0.1) is 0 Å². The first-order valence-electron chi connectivity index (χ1n) is 10.6. The first kappa shape index (κ1) is 22.3. The highest BCUT2D eigenvalue weighted by Crippen LogP contribution is 2.44. The van der Waals surface area contributed by atoms with Crippen LogP contribution in [0.25, 0.3) is 10.8 Å². The van der Waals surface area contributed by atoms with Crippen LogP contribution in [0.5, 0.6) is 17.2 Å². The van der Waals surface area contributed by atoms with Gasteiger partial charge in [-0.05, 0) is 47.9 Å². The minimum atomic E-state index is -0.381. The van der Waals surface area contributed by atoms with Gasteiger partial charge in [0, 0.05) is 11.1 Å². The van der Waals surface area contributed by atoms with Crippen LogP contribution in [0.15, 0.2) is 66.7 Å². The Bertz CT molecular complexity index is 1340. The largest absolute Gasteiger partial charge is 0.493 e. The molecule has 0 N–H and O–H groups in total. The molecule has 33 heavy (non-hydrogen) atoms. The van der Waals surface area contributed by atoms with Crippen LogP contribution in [-0.4, -0.2) is 20.0 Å². The molecule has 0 aliphatic heterocycles. The highest BCUT2D eigenvalue weighted by molar-refractivity contribution is 6.19. The number of halogens is 1. The van der Waals surface area contributed by atoms with Crippen molar-refractivity contribution in [1.29, 1.82) is 0 Å². The van der Waals surface area contributed by atoms with E-state index in [1.165, 1.54) is 20.3 Å². The van der Waals surface area contributed by atoms with E-state index in [9.17, 15) is 9.18 Å². The van der Waals surface area contributed by atoms with Gasteiger partial charge in [-0.25, -0.2) is 4.39 Å². The molecule has 0 spiro atoms. The second-order valence-electron chi connectivity index (χ2n) is 7.82. The Labute approximate surface area is 192 Å². The molecule has 5 heteroatoms. The third-order valence-corrected chi connectivity index (χ3v) is 5.74. The van der Waals surface area contributed by atoms with Crippen LogP contribution in [0.1, 0.15) is 32.6 Å². The SMILES string of the molecule is COc1cc(C)c(C(=O)c2c(C)ccc3ccccc23)c(OCc2ccccc2F)c1OC. The highest BCUT2D eigenvalue weighted by Gasteiger charge is 2.27. The number of hydrogen-bond donors (Lipinski definition) is 0. The van der Waals surface area contributed by atoms with Crippen molar-refractivity contribution in [2.75, 3.05) is 14.2 Å². The number of hydrogen-bond acceptors (Lipinski definition) is 4. The lowest BCUT2D eigenvalue weighted by Crippen LogP contribution is -2.12. The molecule has 0 unspecified atom stereocenters. The Morgan fingerprint density at radius 3 is 2.27 bits per heavy atom. The fourth-order valence-electron chi connectivity index (χ4n) is 4.08. The van der Waals surface area contributed by atoms with E-state index in [1.807, 2.05) is 50.2 Å². The Kier molecular flexibility index (Phi) is 6.31. The Balaban J connectivity index is 1.90. The zero-order chi connectivity index (χ0) is 23.5. The van der Waals surface area contributed by atoms with Crippen molar-refractivity contribution in [2.24, 2.45) is 0 Å². The zero-order valence-electron chi connectivity index (χ0n) is 19.1. The maximum absolute atomic E-state index is 14.2. The van der Waals surface area contributed by atoms with E-state index in [1.54, 1.807) is 24.3 Å². The van der Waals surface area contributed by atoms with Crippen molar-refractivity contribution in [1.82, 2.24) is 0 Å². The molecular formula is C28H25FO4. The summed E-state index contributed by atoms with van der Waals surface area (Å²) in [4.78, 5) is 14.0. The lowest BCUT2D eigenvalue weighted by Gasteiger charge is -2.20. The van der Waals surface area contributed by atoms with Crippen LogP contribution in [0.3, 0.4) is 0 Å². The fourth-order valence-corrected chi connectivity index (χ4v) is 4.08. The number of methoxy groups -OCH3 is 2. The average molecular weight is 445 g/mol. The molecule has 0 aliphatic rings. The Morgan fingerprint density at radius 2 is 1.55 bits per heavy atom. The number of rotatable bonds is 7. The molecular weight excluding hydrogens is 419 g/mol. The first-order chi connectivity index (χ1) is 16.0. The highest BCUT2D eigenvalue weighted by atomic mass is 19.1. The molecule has 0 atom stereocenters. The lowest BCUT2D eigenvalue weighted by molar-refractivity contribution is 0.103. The standard InChI is InChI=1S/C28H25FO4/c1-17-13-14-19-9-5-7-11-21(19)24(17)26(30)25-18(2)15-23(31-3)27(32-4)28(25)33-16-20-10-6-8-12-22(20)29/h5-15H,16H2,1-4H3. The molecule has 0 radical (unpaired) electrons. The summed E-state index contributed by atoms with van der Waals surface area (Å²) in [5.74, 6) is 0.389. The molecule has 0 fully saturated rings. The monoisotopic (exact) mass is 444 g/mol. The van der Waals surface area contributed by atoms with Crippen LogP contribution < -0.4 is 14.2 Å². The van der Waals surface area contributed by atoms with Crippen LogP contribution in [0.4, 0.5) is 4.39 Å². The summed E-state index contributed by atoms with van der Waals surface area (Å²) in [6, 6.07) is 19.8. The maximum atomic E-state index is 14.2. The number of ether oxygens (including phenoxy) is 3. The summed E-state index contributed by atoms with van der Waals surface area (Å²) in [5, 5.41) is 1.83. The molecule has 0 bridgehead atoms. The Morgan fingerprint density at radius 1 is 0.818 bits per heavy atom. The molecule has 0 aromatic heterocycles. The van der Waals surface area contributed by atoms with Crippen LogP contribution in [0.2, 0.25) is 0 Å².